The zero-order chi connectivity index (χ0) is 12.5. The van der Waals surface area contributed by atoms with Crippen LogP contribution >= 0.6 is 0 Å². The van der Waals surface area contributed by atoms with Gasteiger partial charge in [0.05, 0.1) is 0 Å². The Morgan fingerprint density at radius 2 is 1.82 bits per heavy atom. The SMILES string of the molecule is O=C(CCCCO)NCCC(=O)N1CCCC1. The van der Waals surface area contributed by atoms with Crippen molar-refractivity contribution in [3.8, 4) is 0 Å². The highest BCUT2D eigenvalue weighted by molar-refractivity contribution is 5.79. The van der Waals surface area contributed by atoms with Crippen LogP contribution in [0.5, 0.6) is 0 Å². The molecular formula is C12H22N2O3. The lowest BCUT2D eigenvalue weighted by Gasteiger charge is -2.15. The van der Waals surface area contributed by atoms with Gasteiger partial charge in [-0.15, -0.1) is 0 Å². The molecule has 5 heteroatoms. The van der Waals surface area contributed by atoms with Crippen molar-refractivity contribution in [3.05, 3.63) is 0 Å². The van der Waals surface area contributed by atoms with Crippen LogP contribution in [0.3, 0.4) is 0 Å². The van der Waals surface area contributed by atoms with E-state index >= 15 is 0 Å². The van der Waals surface area contributed by atoms with Crippen molar-refractivity contribution in [2.24, 2.45) is 0 Å². The van der Waals surface area contributed by atoms with Gasteiger partial charge in [-0.2, -0.15) is 0 Å². The van der Waals surface area contributed by atoms with E-state index in [-0.39, 0.29) is 18.4 Å². The molecule has 1 aliphatic rings. The van der Waals surface area contributed by atoms with Crippen molar-refractivity contribution < 1.29 is 14.7 Å². The summed E-state index contributed by atoms with van der Waals surface area (Å²) < 4.78 is 0. The van der Waals surface area contributed by atoms with Crippen LogP contribution < -0.4 is 5.32 Å². The predicted molar refractivity (Wildman–Crippen MR) is 64.4 cm³/mol. The Labute approximate surface area is 102 Å². The van der Waals surface area contributed by atoms with Gasteiger partial charge >= 0.3 is 0 Å². The standard InChI is InChI=1S/C12H22N2O3/c15-10-4-1-5-11(16)13-7-6-12(17)14-8-2-3-9-14/h15H,1-10H2,(H,13,16). The number of nitrogens with one attached hydrogen (secondary N) is 1. The van der Waals surface area contributed by atoms with Gasteiger partial charge in [0, 0.05) is 39.1 Å². The minimum atomic E-state index is -0.0346. The fraction of sp³-hybridized carbons (Fsp3) is 0.833. The van der Waals surface area contributed by atoms with Crippen LogP contribution in [0.4, 0.5) is 0 Å². The van der Waals surface area contributed by atoms with E-state index in [1.807, 2.05) is 4.90 Å². The number of carbonyl (C=O) groups is 2. The van der Waals surface area contributed by atoms with Crippen molar-refractivity contribution >= 4 is 11.8 Å². The highest BCUT2D eigenvalue weighted by atomic mass is 16.3. The van der Waals surface area contributed by atoms with Crippen molar-refractivity contribution in [2.75, 3.05) is 26.2 Å². The lowest BCUT2D eigenvalue weighted by Crippen LogP contribution is -2.32. The van der Waals surface area contributed by atoms with Gasteiger partial charge in [0.15, 0.2) is 0 Å². The van der Waals surface area contributed by atoms with E-state index in [2.05, 4.69) is 5.32 Å². The Balaban J connectivity index is 2.02. The highest BCUT2D eigenvalue weighted by Crippen LogP contribution is 2.08. The summed E-state index contributed by atoms with van der Waals surface area (Å²) in [6.07, 6.45) is 4.37. The van der Waals surface area contributed by atoms with Gasteiger partial charge in [-0.3, -0.25) is 9.59 Å². The Morgan fingerprint density at radius 1 is 1.12 bits per heavy atom. The van der Waals surface area contributed by atoms with E-state index in [1.165, 1.54) is 0 Å². The number of nitrogens with zero attached hydrogens (tertiary/aromatic N) is 1. The number of amides is 2. The molecule has 5 nitrogen and oxygen atoms in total. The molecule has 1 heterocycles. The lowest BCUT2D eigenvalue weighted by atomic mass is 10.2. The van der Waals surface area contributed by atoms with E-state index in [1.54, 1.807) is 0 Å². The number of likely N-dealkylation sites (tertiary alicyclic amines) is 1. The molecule has 0 saturated carbocycles. The van der Waals surface area contributed by atoms with Crippen molar-refractivity contribution in [3.63, 3.8) is 0 Å². The zero-order valence-corrected chi connectivity index (χ0v) is 10.3. The molecule has 17 heavy (non-hydrogen) atoms. The fourth-order valence-corrected chi connectivity index (χ4v) is 1.92. The summed E-state index contributed by atoms with van der Waals surface area (Å²) in [5, 5.41) is 11.3. The first-order valence-electron chi connectivity index (χ1n) is 6.39. The molecule has 2 amide bonds. The number of rotatable bonds is 7. The zero-order valence-electron chi connectivity index (χ0n) is 10.3. The molecular weight excluding hydrogens is 220 g/mol. The van der Waals surface area contributed by atoms with Gasteiger partial charge in [0.1, 0.15) is 0 Å². The van der Waals surface area contributed by atoms with Crippen molar-refractivity contribution in [1.29, 1.82) is 0 Å². The molecule has 1 rings (SSSR count). The topological polar surface area (TPSA) is 69.6 Å². The number of aliphatic hydroxyl groups is 1. The second-order valence-corrected chi connectivity index (χ2v) is 4.37. The molecule has 98 valence electrons. The monoisotopic (exact) mass is 242 g/mol. The maximum absolute atomic E-state index is 11.6. The third-order valence-electron chi connectivity index (χ3n) is 2.93. The number of aliphatic hydroxyl groups excluding tert-OH is 1. The number of hydrogen-bond donors (Lipinski definition) is 2. The first-order chi connectivity index (χ1) is 8.24. The molecule has 0 bridgehead atoms. The molecule has 0 atom stereocenters. The Hall–Kier alpha value is -1.10. The van der Waals surface area contributed by atoms with Gasteiger partial charge in [-0.25, -0.2) is 0 Å². The van der Waals surface area contributed by atoms with E-state index in [9.17, 15) is 9.59 Å². The average Bonchev–Trinajstić information content (AvgIpc) is 2.82. The van der Waals surface area contributed by atoms with E-state index in [0.717, 1.165) is 25.9 Å². The molecule has 0 aromatic heterocycles. The minimum Gasteiger partial charge on any atom is -0.396 e. The van der Waals surface area contributed by atoms with Crippen LogP contribution in [0.25, 0.3) is 0 Å². The largest absolute Gasteiger partial charge is 0.396 e. The number of hydrogen-bond acceptors (Lipinski definition) is 3. The van der Waals surface area contributed by atoms with Gasteiger partial charge < -0.3 is 15.3 Å². The van der Waals surface area contributed by atoms with Gasteiger partial charge in [-0.05, 0) is 25.7 Å². The molecule has 0 aromatic rings. The highest BCUT2D eigenvalue weighted by Gasteiger charge is 2.17. The minimum absolute atomic E-state index is 0.0346. The second-order valence-electron chi connectivity index (χ2n) is 4.37. The third kappa shape index (κ3) is 5.68. The normalized spacial score (nSPS) is 15.0. The Bertz CT molecular complexity index is 250. The Morgan fingerprint density at radius 3 is 2.47 bits per heavy atom. The summed E-state index contributed by atoms with van der Waals surface area (Å²) >= 11 is 0. The van der Waals surface area contributed by atoms with E-state index < -0.39 is 0 Å². The summed E-state index contributed by atoms with van der Waals surface area (Å²) in [7, 11) is 0. The third-order valence-corrected chi connectivity index (χ3v) is 2.93. The molecule has 0 unspecified atom stereocenters. The molecule has 1 aliphatic heterocycles. The molecule has 0 aliphatic carbocycles. The molecule has 1 fully saturated rings. The van der Waals surface area contributed by atoms with Crippen molar-refractivity contribution in [2.45, 2.75) is 38.5 Å². The maximum Gasteiger partial charge on any atom is 0.224 e. The summed E-state index contributed by atoms with van der Waals surface area (Å²) in [5.74, 6) is 0.103. The van der Waals surface area contributed by atoms with Crippen LogP contribution in [-0.2, 0) is 9.59 Å². The first-order valence-corrected chi connectivity index (χ1v) is 6.39. The number of carbonyl (C=O) groups excluding carboxylic acids is 2. The summed E-state index contributed by atoms with van der Waals surface area (Å²) in [4.78, 5) is 24.8. The first kappa shape index (κ1) is 14.0. The van der Waals surface area contributed by atoms with Gasteiger partial charge in [-0.1, -0.05) is 0 Å². The quantitative estimate of drug-likeness (QED) is 0.630. The predicted octanol–water partition coefficient (Wildman–Crippen LogP) is 0.278. The number of unbranched alkanes of at least 4 members (excludes halogenated alkanes) is 1. The Kier molecular flexibility index (Phi) is 6.62. The molecule has 2 N–H and O–H groups in total. The average molecular weight is 242 g/mol. The molecule has 0 spiro atoms. The smallest absolute Gasteiger partial charge is 0.224 e. The summed E-state index contributed by atoms with van der Waals surface area (Å²) in [6, 6.07) is 0. The molecule has 0 aromatic carbocycles. The summed E-state index contributed by atoms with van der Waals surface area (Å²) in [6.45, 7) is 2.28. The molecule has 0 radical (unpaired) electrons. The maximum atomic E-state index is 11.6. The van der Waals surface area contributed by atoms with Crippen LogP contribution in [0.15, 0.2) is 0 Å². The summed E-state index contributed by atoms with van der Waals surface area (Å²) in [5.41, 5.74) is 0. The van der Waals surface area contributed by atoms with Gasteiger partial charge in [0.2, 0.25) is 11.8 Å². The van der Waals surface area contributed by atoms with Crippen LogP contribution in [-0.4, -0.2) is 48.1 Å². The van der Waals surface area contributed by atoms with Crippen LogP contribution in [0.1, 0.15) is 38.5 Å². The van der Waals surface area contributed by atoms with Crippen molar-refractivity contribution in [1.82, 2.24) is 10.2 Å². The van der Waals surface area contributed by atoms with Crippen LogP contribution in [0.2, 0.25) is 0 Å². The fourth-order valence-electron chi connectivity index (χ4n) is 1.92. The van der Waals surface area contributed by atoms with Gasteiger partial charge in [0.25, 0.3) is 0 Å². The lowest BCUT2D eigenvalue weighted by molar-refractivity contribution is -0.130. The van der Waals surface area contributed by atoms with Crippen LogP contribution in [0, 0.1) is 0 Å². The van der Waals surface area contributed by atoms with E-state index in [4.69, 9.17) is 5.11 Å². The molecule has 1 saturated heterocycles. The second kappa shape index (κ2) is 8.06. The van der Waals surface area contributed by atoms with E-state index in [0.29, 0.717) is 32.2 Å².